The van der Waals surface area contributed by atoms with Crippen molar-refractivity contribution in [3.63, 3.8) is 0 Å². The first kappa shape index (κ1) is 21.2. The summed E-state index contributed by atoms with van der Waals surface area (Å²) < 4.78 is 6.20. The van der Waals surface area contributed by atoms with Crippen LogP contribution >= 0.6 is 0 Å². The number of carbonyl (C=O) groups excluding carboxylic acids is 4. The minimum absolute atomic E-state index is 0.103. The Morgan fingerprint density at radius 3 is 2.56 bits per heavy atom. The van der Waals surface area contributed by atoms with Crippen LogP contribution in [0.15, 0.2) is 18.2 Å². The molecule has 6 rings (SSSR count). The number of hydrogen-bond acceptors (Lipinski definition) is 7. The monoisotopic (exact) mass is 440 g/mol. The molecule has 170 valence electrons. The summed E-state index contributed by atoms with van der Waals surface area (Å²) in [4.78, 5) is 50.9. The Balaban J connectivity index is 1.29. The number of nitrogens with one attached hydrogen (secondary N) is 2. The molecule has 9 heteroatoms. The summed E-state index contributed by atoms with van der Waals surface area (Å²) in [5.41, 5.74) is 7.24. The molecule has 1 aromatic carbocycles. The van der Waals surface area contributed by atoms with E-state index in [0.717, 1.165) is 36.1 Å². The van der Waals surface area contributed by atoms with Crippen LogP contribution in [0.4, 0.5) is 0 Å². The van der Waals surface area contributed by atoms with Crippen molar-refractivity contribution in [1.82, 2.24) is 15.5 Å². The van der Waals surface area contributed by atoms with E-state index in [0.29, 0.717) is 37.4 Å². The molecule has 5 aliphatic rings. The third-order valence-electron chi connectivity index (χ3n) is 7.66. The van der Waals surface area contributed by atoms with Gasteiger partial charge in [0.05, 0.1) is 23.3 Å². The van der Waals surface area contributed by atoms with E-state index in [9.17, 15) is 19.2 Å². The molecular weight excluding hydrogens is 412 g/mol. The molecule has 4 amide bonds. The van der Waals surface area contributed by atoms with Crippen LogP contribution in [0, 0.1) is 5.41 Å². The van der Waals surface area contributed by atoms with Crippen LogP contribution in [0.1, 0.15) is 64.8 Å². The molecule has 1 aliphatic carbocycles. The van der Waals surface area contributed by atoms with Crippen molar-refractivity contribution in [1.29, 1.82) is 0 Å². The van der Waals surface area contributed by atoms with Gasteiger partial charge in [0.15, 0.2) is 0 Å². The van der Waals surface area contributed by atoms with Crippen molar-refractivity contribution in [3.8, 4) is 0 Å². The van der Waals surface area contributed by atoms with Gasteiger partial charge in [-0.2, -0.15) is 0 Å². The summed E-state index contributed by atoms with van der Waals surface area (Å²) >= 11 is 0. The van der Waals surface area contributed by atoms with Crippen LogP contribution in [0.5, 0.6) is 0 Å². The minimum Gasteiger partial charge on any atom is -0.373 e. The number of ether oxygens (including phenoxy) is 1. The molecule has 0 spiro atoms. The number of hydrogen-bond donors (Lipinski definition) is 3. The molecule has 1 aromatic rings. The Kier molecular flexibility index (Phi) is 5.15. The molecule has 4 heterocycles. The van der Waals surface area contributed by atoms with Crippen molar-refractivity contribution in [2.45, 2.75) is 56.7 Å². The zero-order valence-corrected chi connectivity index (χ0v) is 17.9. The van der Waals surface area contributed by atoms with Gasteiger partial charge in [-0.25, -0.2) is 0 Å². The molecule has 3 saturated heterocycles. The van der Waals surface area contributed by atoms with E-state index < -0.39 is 23.8 Å². The highest BCUT2D eigenvalue weighted by Crippen LogP contribution is 2.48. The van der Waals surface area contributed by atoms with Gasteiger partial charge >= 0.3 is 0 Å². The molecule has 0 aromatic heterocycles. The molecule has 1 unspecified atom stereocenters. The van der Waals surface area contributed by atoms with Crippen molar-refractivity contribution < 1.29 is 23.9 Å². The molecule has 4 N–H and O–H groups in total. The lowest BCUT2D eigenvalue weighted by atomic mass is 9.66. The van der Waals surface area contributed by atoms with Crippen molar-refractivity contribution in [2.75, 3.05) is 19.7 Å². The predicted octanol–water partition coefficient (Wildman–Crippen LogP) is 0.466. The zero-order valence-electron chi connectivity index (χ0n) is 17.9. The molecule has 4 aliphatic heterocycles. The summed E-state index contributed by atoms with van der Waals surface area (Å²) in [6.45, 7) is 2.43. The fourth-order valence-corrected chi connectivity index (χ4v) is 5.48. The predicted molar refractivity (Wildman–Crippen MR) is 113 cm³/mol. The summed E-state index contributed by atoms with van der Waals surface area (Å²) in [5, 5.41) is 5.65. The molecule has 4 fully saturated rings. The number of carbonyl (C=O) groups is 4. The number of fused-ring (bicyclic) bond motifs is 4. The second-order valence-electron chi connectivity index (χ2n) is 9.57. The van der Waals surface area contributed by atoms with Gasteiger partial charge in [0, 0.05) is 31.5 Å². The number of benzene rings is 1. The van der Waals surface area contributed by atoms with Crippen molar-refractivity contribution in [3.05, 3.63) is 34.9 Å². The highest BCUT2D eigenvalue weighted by molar-refractivity contribution is 6.24. The number of imide groups is 2. The van der Waals surface area contributed by atoms with Gasteiger partial charge in [-0.1, -0.05) is 12.1 Å². The Bertz CT molecular complexity index is 982. The standard InChI is InChI=1S/C23H28N4O5/c24-11-22-6-8-23(9-7-22,32-13-22)12-25-10-14-2-1-3-15-18(14)21(31)27(20(15)30)16-4-5-17(28)26-19(16)29/h1-3,16,25H,4-13,24H2,(H,26,28,29). The van der Waals surface area contributed by atoms with E-state index in [-0.39, 0.29) is 29.8 Å². The van der Waals surface area contributed by atoms with E-state index in [1.165, 1.54) is 0 Å². The number of piperidine rings is 1. The zero-order chi connectivity index (χ0) is 22.5. The van der Waals surface area contributed by atoms with E-state index in [1.54, 1.807) is 12.1 Å². The highest BCUT2D eigenvalue weighted by atomic mass is 16.5. The lowest BCUT2D eigenvalue weighted by Crippen LogP contribution is -2.57. The van der Waals surface area contributed by atoms with E-state index in [2.05, 4.69) is 10.6 Å². The van der Waals surface area contributed by atoms with Gasteiger partial charge in [0.25, 0.3) is 11.8 Å². The van der Waals surface area contributed by atoms with Gasteiger partial charge in [0.1, 0.15) is 6.04 Å². The third-order valence-corrected chi connectivity index (χ3v) is 7.66. The Morgan fingerprint density at radius 2 is 1.91 bits per heavy atom. The Labute approximate surface area is 186 Å². The van der Waals surface area contributed by atoms with Crippen LogP contribution in [-0.2, 0) is 20.9 Å². The van der Waals surface area contributed by atoms with Gasteiger partial charge in [-0.3, -0.25) is 29.4 Å². The van der Waals surface area contributed by atoms with Crippen LogP contribution in [0.3, 0.4) is 0 Å². The lowest BCUT2D eigenvalue weighted by Gasteiger charge is -2.53. The fraction of sp³-hybridized carbons (Fsp3) is 0.565. The van der Waals surface area contributed by atoms with Crippen molar-refractivity contribution >= 4 is 23.6 Å². The Morgan fingerprint density at radius 1 is 1.12 bits per heavy atom. The molecule has 1 saturated carbocycles. The van der Waals surface area contributed by atoms with E-state index >= 15 is 0 Å². The van der Waals surface area contributed by atoms with Gasteiger partial charge in [-0.15, -0.1) is 0 Å². The van der Waals surface area contributed by atoms with Crippen LogP contribution in [-0.4, -0.2) is 59.9 Å². The van der Waals surface area contributed by atoms with E-state index in [4.69, 9.17) is 10.5 Å². The maximum Gasteiger partial charge on any atom is 0.262 e. The smallest absolute Gasteiger partial charge is 0.262 e. The number of nitrogens with zero attached hydrogens (tertiary/aromatic N) is 1. The van der Waals surface area contributed by atoms with Gasteiger partial charge in [0.2, 0.25) is 11.8 Å². The summed E-state index contributed by atoms with van der Waals surface area (Å²) in [6.07, 6.45) is 4.31. The van der Waals surface area contributed by atoms with E-state index in [1.807, 2.05) is 6.07 Å². The third kappa shape index (κ3) is 3.35. The van der Waals surface area contributed by atoms with Crippen LogP contribution < -0.4 is 16.4 Å². The molecule has 2 bridgehead atoms. The normalized spacial score (nSPS) is 31.8. The molecular formula is C23H28N4O5. The molecule has 0 radical (unpaired) electrons. The maximum absolute atomic E-state index is 13.2. The second-order valence-corrected chi connectivity index (χ2v) is 9.57. The summed E-state index contributed by atoms with van der Waals surface area (Å²) in [5.74, 6) is -1.95. The Hall–Kier alpha value is -2.62. The average molecular weight is 441 g/mol. The molecule has 32 heavy (non-hydrogen) atoms. The van der Waals surface area contributed by atoms with Gasteiger partial charge < -0.3 is 15.8 Å². The maximum atomic E-state index is 13.2. The SMILES string of the molecule is NCC12CCC(CNCc3cccc4c3C(=O)N(C3CCC(=O)NC3=O)C4=O)(CC1)OC2. The topological polar surface area (TPSA) is 131 Å². The van der Waals surface area contributed by atoms with Crippen LogP contribution in [0.2, 0.25) is 0 Å². The lowest BCUT2D eigenvalue weighted by molar-refractivity contribution is -0.177. The summed E-state index contributed by atoms with van der Waals surface area (Å²) in [6, 6.07) is 4.23. The second kappa shape index (κ2) is 7.75. The largest absolute Gasteiger partial charge is 0.373 e. The molecule has 9 nitrogen and oxygen atoms in total. The highest BCUT2D eigenvalue weighted by Gasteiger charge is 2.49. The van der Waals surface area contributed by atoms with Crippen molar-refractivity contribution in [2.24, 2.45) is 11.1 Å². The number of nitrogens with two attached hydrogens (primary N) is 1. The molecule has 1 atom stereocenters. The first-order chi connectivity index (χ1) is 15.4. The number of rotatable bonds is 6. The first-order valence-corrected chi connectivity index (χ1v) is 11.3. The van der Waals surface area contributed by atoms with Gasteiger partial charge in [-0.05, 0) is 43.7 Å². The fourth-order valence-electron chi connectivity index (χ4n) is 5.48. The van der Waals surface area contributed by atoms with Crippen LogP contribution in [0.25, 0.3) is 0 Å². The first-order valence-electron chi connectivity index (χ1n) is 11.3. The summed E-state index contributed by atoms with van der Waals surface area (Å²) in [7, 11) is 0. The average Bonchev–Trinajstić information content (AvgIpc) is 3.06. The number of amides is 4. The quantitative estimate of drug-likeness (QED) is 0.548. The minimum atomic E-state index is -0.958.